The van der Waals surface area contributed by atoms with Crippen LogP contribution in [0.3, 0.4) is 0 Å². The predicted molar refractivity (Wildman–Crippen MR) is 61.9 cm³/mol. The Labute approximate surface area is 92.4 Å². The van der Waals surface area contributed by atoms with Crippen LogP contribution in [-0.2, 0) is 0 Å². The zero-order chi connectivity index (χ0) is 11.1. The van der Waals surface area contributed by atoms with Crippen molar-refractivity contribution in [2.45, 2.75) is 26.2 Å². The van der Waals surface area contributed by atoms with E-state index in [-0.39, 0.29) is 6.03 Å². The van der Waals surface area contributed by atoms with Gasteiger partial charge in [-0.2, -0.15) is 0 Å². The quantitative estimate of drug-likeness (QED) is 0.733. The molecular formula is C11H23N3O. The summed E-state index contributed by atoms with van der Waals surface area (Å²) in [6.45, 7) is 5.91. The van der Waals surface area contributed by atoms with Crippen LogP contribution in [0.4, 0.5) is 4.79 Å². The number of hydrogen-bond acceptors (Lipinski definition) is 2. The monoisotopic (exact) mass is 213 g/mol. The lowest BCUT2D eigenvalue weighted by Crippen LogP contribution is -2.42. The number of nitrogens with one attached hydrogen (secondary N) is 2. The lowest BCUT2D eigenvalue weighted by atomic mass is 9.98. The molecule has 1 aliphatic heterocycles. The predicted octanol–water partition coefficient (Wildman–Crippen LogP) is 1.04. The molecule has 0 saturated carbocycles. The number of nitrogens with zero attached hydrogens (tertiary/aromatic N) is 1. The Morgan fingerprint density at radius 3 is 2.73 bits per heavy atom. The first-order valence-corrected chi connectivity index (χ1v) is 5.93. The molecule has 88 valence electrons. The van der Waals surface area contributed by atoms with Gasteiger partial charge in [0, 0.05) is 20.1 Å². The number of urea groups is 1. The van der Waals surface area contributed by atoms with Crippen LogP contribution in [0.15, 0.2) is 0 Å². The van der Waals surface area contributed by atoms with E-state index in [1.807, 2.05) is 11.9 Å². The summed E-state index contributed by atoms with van der Waals surface area (Å²) in [4.78, 5) is 13.4. The molecule has 0 unspecified atom stereocenters. The van der Waals surface area contributed by atoms with Gasteiger partial charge in [0.1, 0.15) is 0 Å². The van der Waals surface area contributed by atoms with Crippen LogP contribution in [0, 0.1) is 5.92 Å². The van der Waals surface area contributed by atoms with Gasteiger partial charge in [-0.3, -0.25) is 0 Å². The van der Waals surface area contributed by atoms with Gasteiger partial charge in [-0.25, -0.2) is 4.79 Å². The summed E-state index contributed by atoms with van der Waals surface area (Å²) < 4.78 is 0. The average molecular weight is 213 g/mol. The van der Waals surface area contributed by atoms with E-state index in [2.05, 4.69) is 17.6 Å². The SMILES string of the molecule is CCCNC(=O)N(C)CC1CCNCC1. The highest BCUT2D eigenvalue weighted by atomic mass is 16.2. The number of carbonyl (C=O) groups excluding carboxylic acids is 1. The van der Waals surface area contributed by atoms with Crippen molar-refractivity contribution >= 4 is 6.03 Å². The molecule has 15 heavy (non-hydrogen) atoms. The topological polar surface area (TPSA) is 44.4 Å². The van der Waals surface area contributed by atoms with E-state index >= 15 is 0 Å². The molecule has 2 N–H and O–H groups in total. The number of piperidine rings is 1. The maximum atomic E-state index is 11.6. The molecule has 0 aromatic rings. The van der Waals surface area contributed by atoms with Crippen molar-refractivity contribution in [2.75, 3.05) is 33.2 Å². The van der Waals surface area contributed by atoms with Gasteiger partial charge in [0.15, 0.2) is 0 Å². The molecule has 0 aromatic heterocycles. The minimum atomic E-state index is 0.0652. The summed E-state index contributed by atoms with van der Waals surface area (Å²) >= 11 is 0. The molecule has 0 atom stereocenters. The highest BCUT2D eigenvalue weighted by molar-refractivity contribution is 5.73. The number of carbonyl (C=O) groups is 1. The van der Waals surface area contributed by atoms with Gasteiger partial charge in [0.05, 0.1) is 0 Å². The van der Waals surface area contributed by atoms with E-state index in [1.54, 1.807) is 0 Å². The molecule has 4 heteroatoms. The Hall–Kier alpha value is -0.770. The van der Waals surface area contributed by atoms with Crippen LogP contribution in [0.1, 0.15) is 26.2 Å². The van der Waals surface area contributed by atoms with E-state index < -0.39 is 0 Å². The molecule has 2 amide bonds. The summed E-state index contributed by atoms with van der Waals surface area (Å²) in [5.41, 5.74) is 0. The lowest BCUT2D eigenvalue weighted by molar-refractivity contribution is 0.194. The second kappa shape index (κ2) is 6.67. The standard InChI is InChI=1S/C11H23N3O/c1-3-6-13-11(15)14(2)9-10-4-7-12-8-5-10/h10,12H,3-9H2,1-2H3,(H,13,15). The molecule has 0 aromatic carbocycles. The molecule has 0 bridgehead atoms. The van der Waals surface area contributed by atoms with E-state index in [0.29, 0.717) is 5.92 Å². The molecule has 0 radical (unpaired) electrons. The summed E-state index contributed by atoms with van der Waals surface area (Å²) in [6.07, 6.45) is 3.36. The lowest BCUT2D eigenvalue weighted by Gasteiger charge is -2.27. The first-order valence-electron chi connectivity index (χ1n) is 5.93. The van der Waals surface area contributed by atoms with Crippen molar-refractivity contribution in [3.8, 4) is 0 Å². The van der Waals surface area contributed by atoms with Gasteiger partial charge in [-0.15, -0.1) is 0 Å². The molecule has 4 nitrogen and oxygen atoms in total. The maximum Gasteiger partial charge on any atom is 0.317 e. The smallest absolute Gasteiger partial charge is 0.317 e. The fourth-order valence-corrected chi connectivity index (χ4v) is 1.90. The summed E-state index contributed by atoms with van der Waals surface area (Å²) in [6, 6.07) is 0.0652. The summed E-state index contributed by atoms with van der Waals surface area (Å²) in [5.74, 6) is 0.670. The Morgan fingerprint density at radius 2 is 2.13 bits per heavy atom. The summed E-state index contributed by atoms with van der Waals surface area (Å²) in [7, 11) is 1.88. The third-order valence-electron chi connectivity index (χ3n) is 2.86. The van der Waals surface area contributed by atoms with Crippen molar-refractivity contribution < 1.29 is 4.79 Å². The van der Waals surface area contributed by atoms with Crippen LogP contribution in [0.25, 0.3) is 0 Å². The van der Waals surface area contributed by atoms with Crippen molar-refractivity contribution in [1.29, 1.82) is 0 Å². The minimum absolute atomic E-state index is 0.0652. The fraction of sp³-hybridized carbons (Fsp3) is 0.909. The second-order valence-electron chi connectivity index (χ2n) is 4.31. The van der Waals surface area contributed by atoms with E-state index in [9.17, 15) is 4.79 Å². The van der Waals surface area contributed by atoms with Crippen LogP contribution >= 0.6 is 0 Å². The zero-order valence-electron chi connectivity index (χ0n) is 9.88. The van der Waals surface area contributed by atoms with Gasteiger partial charge in [0.2, 0.25) is 0 Å². The highest BCUT2D eigenvalue weighted by Gasteiger charge is 2.17. The first kappa shape index (κ1) is 12.3. The number of hydrogen-bond donors (Lipinski definition) is 2. The molecule has 1 rings (SSSR count). The normalized spacial score (nSPS) is 17.5. The van der Waals surface area contributed by atoms with Gasteiger partial charge in [-0.05, 0) is 38.3 Å². The van der Waals surface area contributed by atoms with Crippen LogP contribution < -0.4 is 10.6 Å². The third kappa shape index (κ3) is 4.51. The largest absolute Gasteiger partial charge is 0.338 e. The Morgan fingerprint density at radius 1 is 1.47 bits per heavy atom. The Bertz CT molecular complexity index is 190. The van der Waals surface area contributed by atoms with Crippen molar-refractivity contribution in [3.05, 3.63) is 0 Å². The first-order chi connectivity index (χ1) is 7.24. The van der Waals surface area contributed by atoms with Crippen LogP contribution in [0.5, 0.6) is 0 Å². The van der Waals surface area contributed by atoms with E-state index in [1.165, 1.54) is 12.8 Å². The van der Waals surface area contributed by atoms with Gasteiger partial charge in [-0.1, -0.05) is 6.92 Å². The molecule has 1 saturated heterocycles. The molecule has 1 fully saturated rings. The summed E-state index contributed by atoms with van der Waals surface area (Å²) in [5, 5.41) is 6.23. The van der Waals surface area contributed by atoms with Crippen LogP contribution in [0.2, 0.25) is 0 Å². The Balaban J connectivity index is 2.20. The molecule has 1 heterocycles. The van der Waals surface area contributed by atoms with E-state index in [4.69, 9.17) is 0 Å². The third-order valence-corrected chi connectivity index (χ3v) is 2.86. The number of amides is 2. The maximum absolute atomic E-state index is 11.6. The van der Waals surface area contributed by atoms with Gasteiger partial charge in [0.25, 0.3) is 0 Å². The molecule has 0 spiro atoms. The minimum Gasteiger partial charge on any atom is -0.338 e. The molecule has 0 aliphatic carbocycles. The van der Waals surface area contributed by atoms with E-state index in [0.717, 1.165) is 32.6 Å². The number of rotatable bonds is 4. The van der Waals surface area contributed by atoms with Crippen molar-refractivity contribution in [2.24, 2.45) is 5.92 Å². The average Bonchev–Trinajstić information content (AvgIpc) is 2.27. The molecular weight excluding hydrogens is 190 g/mol. The van der Waals surface area contributed by atoms with Crippen molar-refractivity contribution in [3.63, 3.8) is 0 Å². The fourth-order valence-electron chi connectivity index (χ4n) is 1.90. The van der Waals surface area contributed by atoms with Crippen LogP contribution in [-0.4, -0.2) is 44.2 Å². The van der Waals surface area contributed by atoms with Gasteiger partial charge < -0.3 is 15.5 Å². The zero-order valence-corrected chi connectivity index (χ0v) is 9.88. The molecule has 1 aliphatic rings. The Kier molecular flexibility index (Phi) is 5.47. The van der Waals surface area contributed by atoms with Crippen molar-refractivity contribution in [1.82, 2.24) is 15.5 Å². The second-order valence-corrected chi connectivity index (χ2v) is 4.31. The highest BCUT2D eigenvalue weighted by Crippen LogP contribution is 2.12. The van der Waals surface area contributed by atoms with Gasteiger partial charge >= 0.3 is 6.03 Å².